The molecule has 1 atom stereocenters. The number of methoxy groups -OCH3 is 3. The number of thiazole rings is 1. The van der Waals surface area contributed by atoms with Gasteiger partial charge in [0.1, 0.15) is 0 Å². The molecule has 0 saturated heterocycles. The highest BCUT2D eigenvalue weighted by molar-refractivity contribution is 7.07. The smallest absolute Gasteiger partial charge is 0.271 e. The van der Waals surface area contributed by atoms with Crippen LogP contribution in [0.4, 0.5) is 0 Å². The van der Waals surface area contributed by atoms with Gasteiger partial charge in [0.05, 0.1) is 31.9 Å². The molecule has 1 aliphatic heterocycles. The molecule has 38 heavy (non-hydrogen) atoms. The molecule has 196 valence electrons. The first kappa shape index (κ1) is 25.5. The third-order valence-electron chi connectivity index (χ3n) is 6.86. The molecule has 0 amide bonds. The lowest BCUT2D eigenvalue weighted by molar-refractivity contribution is -0.115. The van der Waals surface area contributed by atoms with Crippen LogP contribution >= 0.6 is 11.3 Å². The molecule has 2 aromatic carbocycles. The Bertz CT molecular complexity index is 1770. The van der Waals surface area contributed by atoms with Crippen molar-refractivity contribution in [1.82, 2.24) is 9.13 Å². The fraction of sp³-hybridized carbons (Fsp3) is 0.276. The standard InChI is InChI=1S/C29H29N3O5S/c1-7-21(33)25-16(2)30-29-32(26(25)17-12-22(35-4)27(37-6)23(13-17)36-5)28(34)24(38-29)14-18-15-31(3)20-11-9-8-10-19(18)20/h8-15,26H,7H2,1-6H3/b24-14-. The summed E-state index contributed by atoms with van der Waals surface area (Å²) in [5.74, 6) is 1.25. The third kappa shape index (κ3) is 4.03. The normalized spacial score (nSPS) is 15.4. The topological polar surface area (TPSA) is 84.1 Å². The average molecular weight is 532 g/mol. The number of carbonyl (C=O) groups is 1. The monoisotopic (exact) mass is 531 g/mol. The van der Waals surface area contributed by atoms with E-state index in [4.69, 9.17) is 19.2 Å². The van der Waals surface area contributed by atoms with E-state index in [-0.39, 0.29) is 17.8 Å². The van der Waals surface area contributed by atoms with Gasteiger partial charge in [-0.3, -0.25) is 14.2 Å². The van der Waals surface area contributed by atoms with Crippen molar-refractivity contribution in [2.75, 3.05) is 21.3 Å². The number of benzene rings is 2. The lowest BCUT2D eigenvalue weighted by Crippen LogP contribution is -2.39. The highest BCUT2D eigenvalue weighted by Crippen LogP contribution is 2.42. The molecule has 0 fully saturated rings. The quantitative estimate of drug-likeness (QED) is 0.363. The number of ether oxygens (including phenoxy) is 3. The number of aryl methyl sites for hydroxylation is 1. The van der Waals surface area contributed by atoms with Gasteiger partial charge in [-0.1, -0.05) is 36.5 Å². The number of aromatic nitrogens is 2. The van der Waals surface area contributed by atoms with Crippen molar-refractivity contribution in [2.45, 2.75) is 26.3 Å². The summed E-state index contributed by atoms with van der Waals surface area (Å²) < 4.78 is 20.8. The largest absolute Gasteiger partial charge is 0.493 e. The van der Waals surface area contributed by atoms with Gasteiger partial charge >= 0.3 is 0 Å². The molecule has 0 aliphatic carbocycles. The van der Waals surface area contributed by atoms with Gasteiger partial charge in [0.25, 0.3) is 5.56 Å². The Balaban J connectivity index is 1.79. The summed E-state index contributed by atoms with van der Waals surface area (Å²) in [4.78, 5) is 32.5. The number of nitrogens with zero attached hydrogens (tertiary/aromatic N) is 3. The zero-order valence-electron chi connectivity index (χ0n) is 22.2. The fourth-order valence-electron chi connectivity index (χ4n) is 5.07. The van der Waals surface area contributed by atoms with Crippen molar-refractivity contribution in [3.05, 3.63) is 84.7 Å². The number of fused-ring (bicyclic) bond motifs is 2. The van der Waals surface area contributed by atoms with Crippen LogP contribution in [0.5, 0.6) is 17.2 Å². The maximum Gasteiger partial charge on any atom is 0.271 e. The van der Waals surface area contributed by atoms with E-state index >= 15 is 0 Å². The molecule has 9 heteroatoms. The predicted octanol–water partition coefficient (Wildman–Crippen LogP) is 3.73. The van der Waals surface area contributed by atoms with Crippen LogP contribution in [0.25, 0.3) is 17.0 Å². The zero-order chi connectivity index (χ0) is 27.1. The van der Waals surface area contributed by atoms with Gasteiger partial charge in [-0.05, 0) is 36.8 Å². The average Bonchev–Trinajstić information content (AvgIpc) is 3.41. The number of carbonyl (C=O) groups excluding carboxylic acids is 1. The number of Topliss-reactive ketones (excluding diaryl/α,β-unsaturated/α-hetero) is 1. The van der Waals surface area contributed by atoms with Crippen LogP contribution in [-0.4, -0.2) is 36.2 Å². The number of rotatable bonds is 7. The molecular weight excluding hydrogens is 502 g/mol. The van der Waals surface area contributed by atoms with Gasteiger partial charge in [-0.25, -0.2) is 4.99 Å². The molecule has 0 N–H and O–H groups in total. The molecule has 5 rings (SSSR count). The SMILES string of the molecule is CCC(=O)C1=C(C)N=c2s/c(=C\c3cn(C)c4ccccc34)c(=O)n2C1c1cc(OC)c(OC)c(OC)c1. The van der Waals surface area contributed by atoms with Crippen LogP contribution in [0.15, 0.2) is 63.7 Å². The minimum atomic E-state index is -0.693. The second-order valence-electron chi connectivity index (χ2n) is 9.03. The van der Waals surface area contributed by atoms with Gasteiger partial charge in [0.2, 0.25) is 5.75 Å². The Morgan fingerprint density at radius 1 is 1.11 bits per heavy atom. The van der Waals surface area contributed by atoms with E-state index in [1.807, 2.05) is 55.1 Å². The molecule has 1 unspecified atom stereocenters. The summed E-state index contributed by atoms with van der Waals surface area (Å²) >= 11 is 1.31. The molecule has 0 saturated carbocycles. The van der Waals surface area contributed by atoms with Crippen LogP contribution in [-0.2, 0) is 11.8 Å². The van der Waals surface area contributed by atoms with Crippen molar-refractivity contribution in [3.63, 3.8) is 0 Å². The molecule has 0 radical (unpaired) electrons. The second-order valence-corrected chi connectivity index (χ2v) is 10.0. The summed E-state index contributed by atoms with van der Waals surface area (Å²) in [5, 5.41) is 1.06. The van der Waals surface area contributed by atoms with Crippen LogP contribution < -0.4 is 29.1 Å². The van der Waals surface area contributed by atoms with Crippen molar-refractivity contribution in [2.24, 2.45) is 12.0 Å². The first-order valence-electron chi connectivity index (χ1n) is 12.2. The Morgan fingerprint density at radius 2 is 1.79 bits per heavy atom. The van der Waals surface area contributed by atoms with Crippen LogP contribution in [0.3, 0.4) is 0 Å². The van der Waals surface area contributed by atoms with E-state index in [9.17, 15) is 9.59 Å². The Labute approximate surface area is 223 Å². The minimum Gasteiger partial charge on any atom is -0.493 e. The highest BCUT2D eigenvalue weighted by Gasteiger charge is 2.33. The van der Waals surface area contributed by atoms with E-state index in [1.54, 1.807) is 23.6 Å². The van der Waals surface area contributed by atoms with Crippen LogP contribution in [0.1, 0.15) is 37.4 Å². The highest BCUT2D eigenvalue weighted by atomic mass is 32.1. The number of para-hydroxylation sites is 1. The zero-order valence-corrected chi connectivity index (χ0v) is 23.0. The fourth-order valence-corrected chi connectivity index (χ4v) is 6.11. The third-order valence-corrected chi connectivity index (χ3v) is 7.84. The summed E-state index contributed by atoms with van der Waals surface area (Å²) in [6, 6.07) is 10.9. The molecule has 0 spiro atoms. The maximum absolute atomic E-state index is 14.0. The Hall–Kier alpha value is -4.11. The van der Waals surface area contributed by atoms with Crippen molar-refractivity contribution in [3.8, 4) is 17.2 Å². The number of ketones is 1. The van der Waals surface area contributed by atoms with E-state index in [0.29, 0.717) is 43.4 Å². The lowest BCUT2D eigenvalue weighted by atomic mass is 9.91. The molecular formula is C29H29N3O5S. The lowest BCUT2D eigenvalue weighted by Gasteiger charge is -2.26. The molecule has 8 nitrogen and oxygen atoms in total. The maximum atomic E-state index is 14.0. The Kier molecular flexibility index (Phi) is 6.71. The van der Waals surface area contributed by atoms with Crippen LogP contribution in [0, 0.1) is 0 Å². The minimum absolute atomic E-state index is 0.0756. The number of hydrogen-bond acceptors (Lipinski definition) is 7. The summed E-state index contributed by atoms with van der Waals surface area (Å²) in [6.45, 7) is 3.62. The van der Waals surface area contributed by atoms with Gasteiger partial charge < -0.3 is 18.8 Å². The van der Waals surface area contributed by atoms with Crippen LogP contribution in [0.2, 0.25) is 0 Å². The number of allylic oxidation sites excluding steroid dienone is 2. The van der Waals surface area contributed by atoms with E-state index in [0.717, 1.165) is 16.5 Å². The van der Waals surface area contributed by atoms with Gasteiger partial charge in [0, 0.05) is 47.4 Å². The van der Waals surface area contributed by atoms with E-state index in [1.165, 1.54) is 32.7 Å². The van der Waals surface area contributed by atoms with Crippen molar-refractivity contribution in [1.29, 1.82) is 0 Å². The molecule has 4 aromatic rings. The van der Waals surface area contributed by atoms with Gasteiger partial charge in [-0.2, -0.15) is 0 Å². The first-order chi connectivity index (χ1) is 18.3. The number of hydrogen-bond donors (Lipinski definition) is 0. The van der Waals surface area contributed by atoms with E-state index < -0.39 is 6.04 Å². The molecule has 3 heterocycles. The predicted molar refractivity (Wildman–Crippen MR) is 148 cm³/mol. The van der Waals surface area contributed by atoms with Gasteiger partial charge in [0.15, 0.2) is 22.1 Å². The second kappa shape index (κ2) is 9.98. The Morgan fingerprint density at radius 3 is 2.42 bits per heavy atom. The molecule has 0 bridgehead atoms. The first-order valence-corrected chi connectivity index (χ1v) is 13.0. The summed E-state index contributed by atoms with van der Waals surface area (Å²) in [7, 11) is 6.59. The van der Waals surface area contributed by atoms with E-state index in [2.05, 4.69) is 0 Å². The molecule has 1 aliphatic rings. The summed E-state index contributed by atoms with van der Waals surface area (Å²) in [6.07, 6.45) is 4.20. The van der Waals surface area contributed by atoms with Gasteiger partial charge in [-0.15, -0.1) is 0 Å². The van der Waals surface area contributed by atoms with Crippen molar-refractivity contribution >= 4 is 34.1 Å². The molecule has 2 aromatic heterocycles. The van der Waals surface area contributed by atoms with Crippen molar-refractivity contribution < 1.29 is 19.0 Å². The summed E-state index contributed by atoms with van der Waals surface area (Å²) in [5.41, 5.74) is 3.55.